The maximum absolute atomic E-state index is 11.1. The Morgan fingerprint density at radius 3 is 2.08 bits per heavy atom. The van der Waals surface area contributed by atoms with Crippen LogP contribution in [0.1, 0.15) is 42.9 Å². The molecule has 24 heavy (non-hydrogen) atoms. The van der Waals surface area contributed by atoms with Crippen LogP contribution in [0.4, 0.5) is 0 Å². The molecular formula is C22H24O2. The predicted octanol–water partition coefficient (Wildman–Crippen LogP) is 5.68. The van der Waals surface area contributed by atoms with Gasteiger partial charge in [-0.05, 0) is 41.7 Å². The first-order valence-electron chi connectivity index (χ1n) is 8.42. The lowest BCUT2D eigenvalue weighted by atomic mass is 10.0. The fourth-order valence-electron chi connectivity index (χ4n) is 2.37. The largest absolute Gasteiger partial charge is 0.423 e. The lowest BCUT2D eigenvalue weighted by molar-refractivity contribution is -0.128. The van der Waals surface area contributed by atoms with Gasteiger partial charge in [-0.3, -0.25) is 0 Å². The van der Waals surface area contributed by atoms with Crippen molar-refractivity contribution in [2.45, 2.75) is 32.6 Å². The molecular weight excluding hydrogens is 296 g/mol. The van der Waals surface area contributed by atoms with Crippen LogP contribution in [0.5, 0.6) is 5.75 Å². The van der Waals surface area contributed by atoms with E-state index >= 15 is 0 Å². The van der Waals surface area contributed by atoms with Crippen LogP contribution < -0.4 is 4.74 Å². The fourth-order valence-corrected chi connectivity index (χ4v) is 2.37. The van der Waals surface area contributed by atoms with E-state index in [2.05, 4.69) is 43.8 Å². The van der Waals surface area contributed by atoms with Gasteiger partial charge in [-0.25, -0.2) is 4.79 Å². The van der Waals surface area contributed by atoms with Gasteiger partial charge < -0.3 is 4.74 Å². The summed E-state index contributed by atoms with van der Waals surface area (Å²) in [5, 5.41) is 0. The van der Waals surface area contributed by atoms with Crippen molar-refractivity contribution in [2.75, 3.05) is 0 Å². The number of ether oxygens (including phenoxy) is 1. The monoisotopic (exact) mass is 320 g/mol. The Morgan fingerprint density at radius 1 is 0.958 bits per heavy atom. The molecule has 0 aliphatic heterocycles. The Hall–Kier alpha value is -2.61. The van der Waals surface area contributed by atoms with Crippen LogP contribution in [0.3, 0.4) is 0 Å². The van der Waals surface area contributed by atoms with Crippen LogP contribution in [0.25, 0.3) is 12.2 Å². The summed E-state index contributed by atoms with van der Waals surface area (Å²) in [5.41, 5.74) is 3.63. The van der Waals surface area contributed by atoms with E-state index in [4.69, 9.17) is 4.74 Å². The van der Waals surface area contributed by atoms with Crippen LogP contribution in [0.2, 0.25) is 0 Å². The zero-order valence-electron chi connectivity index (χ0n) is 14.2. The summed E-state index contributed by atoms with van der Waals surface area (Å²) >= 11 is 0. The Bertz CT molecular complexity index is 679. The molecule has 0 bridgehead atoms. The molecule has 0 amide bonds. The van der Waals surface area contributed by atoms with Gasteiger partial charge in [0, 0.05) is 6.08 Å². The molecule has 0 saturated heterocycles. The summed E-state index contributed by atoms with van der Waals surface area (Å²) in [7, 11) is 0. The quantitative estimate of drug-likeness (QED) is 0.206. The minimum atomic E-state index is -0.447. The van der Waals surface area contributed by atoms with E-state index in [-0.39, 0.29) is 0 Å². The summed E-state index contributed by atoms with van der Waals surface area (Å²) in [5.74, 6) is 0.0748. The topological polar surface area (TPSA) is 26.3 Å². The SMILES string of the molecule is C=CC(=O)Oc1ccc(C=Cc2ccc(CCCCC)cc2)cc1. The van der Waals surface area contributed by atoms with Crippen LogP contribution in [-0.4, -0.2) is 5.97 Å². The standard InChI is InChI=1S/C22H24O2/c1-3-5-6-7-18-8-10-19(11-9-18)12-13-20-14-16-21(17-15-20)24-22(23)4-2/h4,8-17H,2-3,5-7H2,1H3. The average Bonchev–Trinajstić information content (AvgIpc) is 2.62. The number of rotatable bonds is 8. The number of unbranched alkanes of at least 4 members (excludes halogenated alkanes) is 2. The Morgan fingerprint density at radius 2 is 1.54 bits per heavy atom. The van der Waals surface area contributed by atoms with Gasteiger partial charge >= 0.3 is 5.97 Å². The summed E-state index contributed by atoms with van der Waals surface area (Å²) in [6.45, 7) is 5.60. The molecule has 0 fully saturated rings. The van der Waals surface area contributed by atoms with Gasteiger partial charge in [0.15, 0.2) is 0 Å². The number of hydrogen-bond acceptors (Lipinski definition) is 2. The number of hydrogen-bond donors (Lipinski definition) is 0. The zero-order chi connectivity index (χ0) is 17.2. The maximum atomic E-state index is 11.1. The smallest absolute Gasteiger partial charge is 0.335 e. The van der Waals surface area contributed by atoms with Crippen LogP contribution >= 0.6 is 0 Å². The second-order valence-electron chi connectivity index (χ2n) is 5.73. The molecule has 0 spiro atoms. The highest BCUT2D eigenvalue weighted by atomic mass is 16.5. The molecule has 0 atom stereocenters. The number of esters is 1. The number of aryl methyl sites for hydroxylation is 1. The normalized spacial score (nSPS) is 10.7. The highest BCUT2D eigenvalue weighted by Gasteiger charge is 1.98. The van der Waals surface area contributed by atoms with Crippen molar-refractivity contribution in [3.05, 3.63) is 77.9 Å². The summed E-state index contributed by atoms with van der Waals surface area (Å²) in [4.78, 5) is 11.1. The van der Waals surface area contributed by atoms with Gasteiger partial charge in [0.1, 0.15) is 5.75 Å². The first-order valence-corrected chi connectivity index (χ1v) is 8.42. The highest BCUT2D eigenvalue weighted by Crippen LogP contribution is 2.16. The van der Waals surface area contributed by atoms with E-state index in [9.17, 15) is 4.79 Å². The molecule has 0 N–H and O–H groups in total. The molecule has 0 aliphatic rings. The summed E-state index contributed by atoms with van der Waals surface area (Å²) < 4.78 is 5.05. The lowest BCUT2D eigenvalue weighted by Gasteiger charge is -2.02. The summed E-state index contributed by atoms with van der Waals surface area (Å²) in [6.07, 6.45) is 10.2. The minimum Gasteiger partial charge on any atom is -0.423 e. The molecule has 2 rings (SSSR count). The van der Waals surface area contributed by atoms with E-state index in [1.54, 1.807) is 12.1 Å². The highest BCUT2D eigenvalue weighted by molar-refractivity contribution is 5.83. The number of carbonyl (C=O) groups is 1. The molecule has 2 aromatic carbocycles. The maximum Gasteiger partial charge on any atom is 0.335 e. The molecule has 124 valence electrons. The van der Waals surface area contributed by atoms with Gasteiger partial charge in [-0.15, -0.1) is 0 Å². The molecule has 0 unspecified atom stereocenters. The third kappa shape index (κ3) is 5.88. The molecule has 2 nitrogen and oxygen atoms in total. The first kappa shape index (κ1) is 17.7. The van der Waals surface area contributed by atoms with Gasteiger partial charge in [0.2, 0.25) is 0 Å². The number of benzene rings is 2. The van der Waals surface area contributed by atoms with E-state index in [0.29, 0.717) is 5.75 Å². The van der Waals surface area contributed by atoms with E-state index in [0.717, 1.165) is 18.1 Å². The molecule has 0 aliphatic carbocycles. The van der Waals surface area contributed by atoms with Crippen LogP contribution in [0.15, 0.2) is 61.2 Å². The third-order valence-corrected chi connectivity index (χ3v) is 3.78. The molecule has 2 heteroatoms. The summed E-state index contributed by atoms with van der Waals surface area (Å²) in [6, 6.07) is 16.1. The third-order valence-electron chi connectivity index (χ3n) is 3.78. The minimum absolute atomic E-state index is 0.447. The Labute approximate surface area is 144 Å². The molecule has 0 radical (unpaired) electrons. The van der Waals surface area contributed by atoms with Gasteiger partial charge in [-0.2, -0.15) is 0 Å². The van der Waals surface area contributed by atoms with Crippen LogP contribution in [-0.2, 0) is 11.2 Å². The van der Waals surface area contributed by atoms with E-state index < -0.39 is 5.97 Å². The Kier molecular flexibility index (Phi) is 7.03. The van der Waals surface area contributed by atoms with Crippen LogP contribution in [0, 0.1) is 0 Å². The van der Waals surface area contributed by atoms with Gasteiger partial charge in [0.25, 0.3) is 0 Å². The van der Waals surface area contributed by atoms with Gasteiger partial charge in [0.05, 0.1) is 0 Å². The first-order chi connectivity index (χ1) is 11.7. The second-order valence-corrected chi connectivity index (χ2v) is 5.73. The second kappa shape index (κ2) is 9.51. The van der Waals surface area contributed by atoms with Crippen molar-refractivity contribution < 1.29 is 9.53 Å². The van der Waals surface area contributed by atoms with Crippen molar-refractivity contribution in [3.8, 4) is 5.75 Å². The van der Waals surface area contributed by atoms with Crippen molar-refractivity contribution in [1.82, 2.24) is 0 Å². The van der Waals surface area contributed by atoms with Crippen molar-refractivity contribution >= 4 is 18.1 Å². The van der Waals surface area contributed by atoms with Crippen molar-refractivity contribution in [1.29, 1.82) is 0 Å². The number of carbonyl (C=O) groups excluding carboxylic acids is 1. The average molecular weight is 320 g/mol. The van der Waals surface area contributed by atoms with Gasteiger partial charge in [-0.1, -0.05) is 74.9 Å². The van der Waals surface area contributed by atoms with Crippen molar-refractivity contribution in [2.24, 2.45) is 0 Å². The molecule has 0 heterocycles. The zero-order valence-corrected chi connectivity index (χ0v) is 14.2. The fraction of sp³-hybridized carbons (Fsp3) is 0.227. The lowest BCUT2D eigenvalue weighted by Crippen LogP contribution is -2.02. The molecule has 0 saturated carbocycles. The predicted molar refractivity (Wildman–Crippen MR) is 101 cm³/mol. The van der Waals surface area contributed by atoms with E-state index in [1.165, 1.54) is 30.4 Å². The molecule has 2 aromatic rings. The molecule has 0 aromatic heterocycles. The van der Waals surface area contributed by atoms with E-state index in [1.807, 2.05) is 18.2 Å². The van der Waals surface area contributed by atoms with Crippen molar-refractivity contribution in [3.63, 3.8) is 0 Å². The Balaban J connectivity index is 1.92.